The van der Waals surface area contributed by atoms with Gasteiger partial charge in [-0.15, -0.1) is 0 Å². The first-order valence-electron chi connectivity index (χ1n) is 19.1. The van der Waals surface area contributed by atoms with Gasteiger partial charge in [-0.1, -0.05) is 107 Å². The molecular weight excluding hydrogens is 778 g/mol. The summed E-state index contributed by atoms with van der Waals surface area (Å²) in [4.78, 5) is 44.1. The van der Waals surface area contributed by atoms with Crippen molar-refractivity contribution in [2.75, 3.05) is 0 Å². The fraction of sp³-hybridized carbons (Fsp3) is 0.188. The third kappa shape index (κ3) is 11.7. The molecule has 0 saturated heterocycles. The Labute approximate surface area is 340 Å². The lowest BCUT2D eigenvalue weighted by atomic mass is 9.98. The summed E-state index contributed by atoms with van der Waals surface area (Å²) in [5.41, 5.74) is 9.65. The standard InChI is InChI=1S/C28H26N2O3.C20H18BrNO2/c31-26(32)14-8-7-13-22-17-24-18-23(28(33)29-19-20-9-3-1-4-10-20)15-16-25(24)30-27(22)21-11-5-2-6-12-21;21-17-10-11-18-16(13-17)12-15(8-4-5-9-19(23)24)20(22-18)14-6-2-1-3-7-14/h1-6,9-12,15-18H,7-8,13-14,19H2,(H,29,33)(H,31,32);1-3,6-7,10-13H,4-5,8-9H2,(H,23,24). The van der Waals surface area contributed by atoms with E-state index in [-0.39, 0.29) is 18.7 Å². The summed E-state index contributed by atoms with van der Waals surface area (Å²) in [6, 6.07) is 45.8. The van der Waals surface area contributed by atoms with Crippen LogP contribution < -0.4 is 5.32 Å². The maximum absolute atomic E-state index is 12.7. The Morgan fingerprint density at radius 3 is 1.53 bits per heavy atom. The van der Waals surface area contributed by atoms with Crippen LogP contribution in [0.1, 0.15) is 65.6 Å². The van der Waals surface area contributed by atoms with Crippen molar-refractivity contribution in [2.45, 2.75) is 57.9 Å². The Bertz CT molecular complexity index is 2460. The molecule has 2 aromatic heterocycles. The third-order valence-electron chi connectivity index (χ3n) is 9.58. The van der Waals surface area contributed by atoms with Gasteiger partial charge >= 0.3 is 11.9 Å². The maximum Gasteiger partial charge on any atom is 0.303 e. The molecule has 288 valence electrons. The van der Waals surface area contributed by atoms with Gasteiger partial charge in [-0.2, -0.15) is 0 Å². The Morgan fingerprint density at radius 1 is 0.544 bits per heavy atom. The zero-order valence-electron chi connectivity index (χ0n) is 31.5. The number of halogens is 1. The van der Waals surface area contributed by atoms with Gasteiger partial charge in [0.25, 0.3) is 5.91 Å². The summed E-state index contributed by atoms with van der Waals surface area (Å²) in [6.45, 7) is 0.470. The number of amides is 1. The van der Waals surface area contributed by atoms with Crippen molar-refractivity contribution < 1.29 is 24.6 Å². The van der Waals surface area contributed by atoms with Gasteiger partial charge in [0.2, 0.25) is 0 Å². The minimum absolute atomic E-state index is 0.129. The second-order valence-corrected chi connectivity index (χ2v) is 14.8. The number of nitrogens with zero attached hydrogens (tertiary/aromatic N) is 2. The summed E-state index contributed by atoms with van der Waals surface area (Å²) >= 11 is 3.51. The summed E-state index contributed by atoms with van der Waals surface area (Å²) in [5.74, 6) is -1.64. The van der Waals surface area contributed by atoms with Gasteiger partial charge in [0.1, 0.15) is 0 Å². The van der Waals surface area contributed by atoms with E-state index >= 15 is 0 Å². The van der Waals surface area contributed by atoms with Gasteiger partial charge in [0.05, 0.1) is 22.4 Å². The Morgan fingerprint density at radius 2 is 1.02 bits per heavy atom. The number of aliphatic carboxylic acids is 2. The van der Waals surface area contributed by atoms with Crippen molar-refractivity contribution >= 4 is 55.6 Å². The first-order chi connectivity index (χ1) is 27.7. The number of benzene rings is 5. The van der Waals surface area contributed by atoms with Gasteiger partial charge < -0.3 is 15.5 Å². The van der Waals surface area contributed by atoms with Crippen LogP contribution in [0.2, 0.25) is 0 Å². The van der Waals surface area contributed by atoms with Crippen LogP contribution >= 0.6 is 15.9 Å². The van der Waals surface area contributed by atoms with E-state index in [1.165, 1.54) is 0 Å². The van der Waals surface area contributed by atoms with E-state index < -0.39 is 11.9 Å². The number of hydrogen-bond donors (Lipinski definition) is 3. The number of carboxylic acid groups (broad SMARTS) is 2. The molecule has 0 atom stereocenters. The monoisotopic (exact) mass is 821 g/mol. The molecule has 7 rings (SSSR count). The lowest BCUT2D eigenvalue weighted by Crippen LogP contribution is -2.22. The third-order valence-corrected chi connectivity index (χ3v) is 10.1. The number of nitrogens with one attached hydrogen (secondary N) is 1. The highest BCUT2D eigenvalue weighted by Crippen LogP contribution is 2.30. The lowest BCUT2D eigenvalue weighted by Gasteiger charge is -2.12. The van der Waals surface area contributed by atoms with E-state index in [0.717, 1.165) is 91.2 Å². The lowest BCUT2D eigenvalue weighted by molar-refractivity contribution is -0.138. The number of pyridine rings is 2. The highest BCUT2D eigenvalue weighted by molar-refractivity contribution is 9.10. The number of carboxylic acids is 2. The highest BCUT2D eigenvalue weighted by atomic mass is 79.9. The van der Waals surface area contributed by atoms with E-state index in [1.54, 1.807) is 6.07 Å². The van der Waals surface area contributed by atoms with Crippen molar-refractivity contribution in [3.05, 3.63) is 166 Å². The molecule has 0 bridgehead atoms. The minimum atomic E-state index is -0.777. The molecule has 0 fully saturated rings. The summed E-state index contributed by atoms with van der Waals surface area (Å²) in [5, 5.41) is 22.7. The van der Waals surface area contributed by atoms with Crippen LogP contribution in [0.25, 0.3) is 44.3 Å². The van der Waals surface area contributed by atoms with Crippen LogP contribution in [0.15, 0.2) is 144 Å². The average Bonchev–Trinajstić information content (AvgIpc) is 3.23. The molecule has 0 saturated carbocycles. The Balaban J connectivity index is 0.000000203. The molecular formula is C48H44BrN3O5. The topological polar surface area (TPSA) is 129 Å². The Hall–Kier alpha value is -6.19. The zero-order chi connectivity index (χ0) is 40.0. The molecule has 0 radical (unpaired) electrons. The van der Waals surface area contributed by atoms with E-state index in [9.17, 15) is 14.4 Å². The largest absolute Gasteiger partial charge is 0.481 e. The molecule has 7 aromatic rings. The van der Waals surface area contributed by atoms with Gasteiger partial charge in [-0.25, -0.2) is 9.97 Å². The van der Waals surface area contributed by atoms with Gasteiger partial charge in [-0.05, 0) is 104 Å². The summed E-state index contributed by atoms with van der Waals surface area (Å²) in [6.07, 6.45) is 4.83. The van der Waals surface area contributed by atoms with Gasteiger partial charge in [0.15, 0.2) is 0 Å². The predicted octanol–water partition coefficient (Wildman–Crippen LogP) is 11.1. The van der Waals surface area contributed by atoms with Crippen molar-refractivity contribution in [3.8, 4) is 22.5 Å². The maximum atomic E-state index is 12.7. The van der Waals surface area contributed by atoms with Gasteiger partial charge in [0, 0.05) is 51.3 Å². The van der Waals surface area contributed by atoms with E-state index in [1.807, 2.05) is 103 Å². The number of carbonyl (C=O) groups is 3. The quantitative estimate of drug-likeness (QED) is 0.0878. The SMILES string of the molecule is O=C(O)CCCCc1cc2cc(Br)ccc2nc1-c1ccccc1.O=C(O)CCCCc1cc2cc(C(=O)NCc3ccccc3)ccc2nc1-c1ccccc1. The van der Waals surface area contributed by atoms with Crippen molar-refractivity contribution in [1.29, 1.82) is 0 Å². The molecule has 8 nitrogen and oxygen atoms in total. The second kappa shape index (κ2) is 20.1. The van der Waals surface area contributed by atoms with E-state index in [4.69, 9.17) is 20.2 Å². The number of carbonyl (C=O) groups excluding carboxylic acids is 1. The molecule has 0 aliphatic rings. The number of aryl methyl sites for hydroxylation is 2. The van der Waals surface area contributed by atoms with Crippen LogP contribution in [0, 0.1) is 0 Å². The molecule has 3 N–H and O–H groups in total. The van der Waals surface area contributed by atoms with Gasteiger partial charge in [-0.3, -0.25) is 14.4 Å². The van der Waals surface area contributed by atoms with Crippen LogP contribution in [-0.4, -0.2) is 38.0 Å². The van der Waals surface area contributed by atoms with Crippen LogP contribution in [0.3, 0.4) is 0 Å². The molecule has 0 aliphatic carbocycles. The smallest absolute Gasteiger partial charge is 0.303 e. The first-order valence-corrected chi connectivity index (χ1v) is 19.9. The van der Waals surface area contributed by atoms with Crippen LogP contribution in [0.5, 0.6) is 0 Å². The fourth-order valence-corrected chi connectivity index (χ4v) is 7.07. The second-order valence-electron chi connectivity index (χ2n) is 13.8. The number of hydrogen-bond acceptors (Lipinski definition) is 5. The number of rotatable bonds is 15. The molecule has 5 aromatic carbocycles. The molecule has 57 heavy (non-hydrogen) atoms. The highest BCUT2D eigenvalue weighted by Gasteiger charge is 2.13. The summed E-state index contributed by atoms with van der Waals surface area (Å²) in [7, 11) is 0. The van der Waals surface area contributed by atoms with E-state index in [0.29, 0.717) is 24.9 Å². The van der Waals surface area contributed by atoms with E-state index in [2.05, 4.69) is 51.6 Å². The van der Waals surface area contributed by atoms with Crippen molar-refractivity contribution in [3.63, 3.8) is 0 Å². The van der Waals surface area contributed by atoms with Crippen LogP contribution in [0.4, 0.5) is 0 Å². The molecule has 9 heteroatoms. The number of fused-ring (bicyclic) bond motifs is 2. The molecule has 0 spiro atoms. The van der Waals surface area contributed by atoms with Crippen LogP contribution in [-0.2, 0) is 29.0 Å². The normalized spacial score (nSPS) is 10.8. The molecule has 2 heterocycles. The Kier molecular flexibility index (Phi) is 14.3. The minimum Gasteiger partial charge on any atom is -0.481 e. The predicted molar refractivity (Wildman–Crippen MR) is 230 cm³/mol. The number of aromatic nitrogens is 2. The zero-order valence-corrected chi connectivity index (χ0v) is 33.1. The average molecular weight is 823 g/mol. The fourth-order valence-electron chi connectivity index (χ4n) is 6.69. The molecule has 0 aliphatic heterocycles. The van der Waals surface area contributed by atoms with Crippen molar-refractivity contribution in [2.24, 2.45) is 0 Å². The van der Waals surface area contributed by atoms with Crippen molar-refractivity contribution in [1.82, 2.24) is 15.3 Å². The molecule has 0 unspecified atom stereocenters. The summed E-state index contributed by atoms with van der Waals surface area (Å²) < 4.78 is 1.03. The first kappa shape index (κ1) is 40.5. The molecule has 1 amide bonds. The number of unbranched alkanes of at least 4 members (excludes halogenated alkanes) is 2.